The smallest absolute Gasteiger partial charge is 0.414 e. The van der Waals surface area contributed by atoms with Crippen LogP contribution in [0.2, 0.25) is 103 Å². The summed E-state index contributed by atoms with van der Waals surface area (Å²) < 4.78 is 75.4. The Morgan fingerprint density at radius 2 is 0.870 bits per heavy atom. The Morgan fingerprint density at radius 3 is 1.24 bits per heavy atom. The lowest BCUT2D eigenvalue weighted by atomic mass is 9.87. The van der Waals surface area contributed by atoms with Crippen molar-refractivity contribution < 1.29 is 46.8 Å². The summed E-state index contributed by atoms with van der Waals surface area (Å²) in [6, 6.07) is 10.4. The molecule has 10 rings (SSSR count). The van der Waals surface area contributed by atoms with Gasteiger partial charge in [-0.2, -0.15) is 10.2 Å². The van der Waals surface area contributed by atoms with Crippen molar-refractivity contribution in [2.45, 2.75) is 235 Å². The Labute approximate surface area is 549 Å². The van der Waals surface area contributed by atoms with Gasteiger partial charge in [-0.1, -0.05) is 92.4 Å². The van der Waals surface area contributed by atoms with Crippen molar-refractivity contribution in [1.29, 1.82) is 0 Å². The summed E-state index contributed by atoms with van der Waals surface area (Å²) in [5, 5.41) is 10.3. The lowest BCUT2D eigenvalue weighted by Crippen LogP contribution is -2.34. The molecule has 4 aliphatic carbocycles. The number of carbonyl (C=O) groups excluding carboxylic acids is 2. The molecular formula is C68H108F2N10O8Si4. The molecule has 6 aromatic rings. The summed E-state index contributed by atoms with van der Waals surface area (Å²) in [7, 11) is -2.02. The third-order valence-corrected chi connectivity index (χ3v) is 25.2. The van der Waals surface area contributed by atoms with Crippen molar-refractivity contribution in [2.24, 2.45) is 22.7 Å². The number of nitrogens with zero attached hydrogens (tertiary/aromatic N) is 10. The number of imidazole rings is 2. The third-order valence-electron chi connectivity index (χ3n) is 18.4. The van der Waals surface area contributed by atoms with Gasteiger partial charge in [0.1, 0.15) is 61.1 Å². The number of hydrogen-bond donors (Lipinski definition) is 0. The van der Waals surface area contributed by atoms with Crippen LogP contribution in [0.15, 0.2) is 24.3 Å². The standard InChI is InChI=1S/2C34H54FN5O4Si2/c1-33(2,3)44-32(41)38(5)27-18-26-28(17-25(27)35)39(21-42-12-14-45(6,7)8)31(36-26)30-24-16-23-19-34(23,4)20-29(24)40(37-30)22-43-13-15-46(9,10)11;1-33(2,3)44-32(41)38(5)27-18-28-26(17-25(27)35)36-31(39(28)21-42-12-14-45(6,7)8)30-24-16-23-19-34(23,4)20-29(24)40(37-30)22-43-13-15-46(9,10)11/h2*17-18,23H,12-16,19-22H2,1-11H3/t2*23-,34-/m11/s1. The molecule has 4 heterocycles. The molecule has 4 aliphatic rings. The molecule has 0 spiro atoms. The Balaban J connectivity index is 0.000000217. The van der Waals surface area contributed by atoms with E-state index in [2.05, 4.69) is 92.4 Å². The fourth-order valence-corrected chi connectivity index (χ4v) is 15.2. The molecule has 2 amide bonds. The average molecular weight is 1340 g/mol. The predicted octanol–water partition coefficient (Wildman–Crippen LogP) is 16.3. The van der Waals surface area contributed by atoms with Crippen molar-refractivity contribution >= 4 is 77.9 Å². The number of fused-ring (bicyclic) bond motifs is 6. The quantitative estimate of drug-likeness (QED) is 0.0416. The number of hydrogen-bond acceptors (Lipinski definition) is 12. The van der Waals surface area contributed by atoms with E-state index in [1.54, 1.807) is 53.7 Å². The largest absolute Gasteiger partial charge is 0.443 e. The highest BCUT2D eigenvalue weighted by Gasteiger charge is 2.55. The van der Waals surface area contributed by atoms with Gasteiger partial charge in [0.15, 0.2) is 11.6 Å². The van der Waals surface area contributed by atoms with Gasteiger partial charge in [-0.25, -0.2) is 37.7 Å². The highest BCUT2D eigenvalue weighted by atomic mass is 28.3. The van der Waals surface area contributed by atoms with Crippen LogP contribution in [0, 0.1) is 34.3 Å². The second kappa shape index (κ2) is 26.5. The van der Waals surface area contributed by atoms with Crippen LogP contribution in [0.4, 0.5) is 29.7 Å². The van der Waals surface area contributed by atoms with Crippen LogP contribution in [0.3, 0.4) is 0 Å². The Hall–Kier alpha value is -5.09. The highest BCUT2D eigenvalue weighted by molar-refractivity contribution is 6.77. The number of anilines is 2. The molecule has 0 aliphatic heterocycles. The second-order valence-electron chi connectivity index (χ2n) is 34.2. The van der Waals surface area contributed by atoms with Crippen molar-refractivity contribution in [3.8, 4) is 23.0 Å². The average Bonchev–Trinajstić information content (AvgIpc) is 1.56. The molecule has 4 aromatic heterocycles. The first kappa shape index (κ1) is 71.2. The molecule has 0 radical (unpaired) electrons. The minimum Gasteiger partial charge on any atom is -0.443 e. The van der Waals surface area contributed by atoms with Gasteiger partial charge in [0.2, 0.25) is 0 Å². The molecule has 4 atom stereocenters. The van der Waals surface area contributed by atoms with Crippen molar-refractivity contribution in [3.05, 3.63) is 58.4 Å². The minimum absolute atomic E-state index is 0.106. The normalized spacial score (nSPS) is 19.7. The highest BCUT2D eigenvalue weighted by Crippen LogP contribution is 2.61. The van der Waals surface area contributed by atoms with Gasteiger partial charge < -0.3 is 28.4 Å². The van der Waals surface area contributed by atoms with Gasteiger partial charge in [-0.15, -0.1) is 0 Å². The van der Waals surface area contributed by atoms with Gasteiger partial charge in [-0.05, 0) is 139 Å². The van der Waals surface area contributed by atoms with Gasteiger partial charge in [0.05, 0.1) is 33.4 Å². The molecular weight excluding hydrogens is 1240 g/mol. The topological polar surface area (TPSA) is 167 Å². The monoisotopic (exact) mass is 1340 g/mol. The van der Waals surface area contributed by atoms with Crippen LogP contribution >= 0.6 is 0 Å². The maximum absolute atomic E-state index is 15.8. The van der Waals surface area contributed by atoms with E-state index in [4.69, 9.17) is 48.6 Å². The lowest BCUT2D eigenvalue weighted by molar-refractivity contribution is 0.0577. The Bertz CT molecular complexity index is 3580. The van der Waals surface area contributed by atoms with Gasteiger partial charge in [-0.3, -0.25) is 18.9 Å². The lowest BCUT2D eigenvalue weighted by Gasteiger charge is -2.25. The summed E-state index contributed by atoms with van der Waals surface area (Å²) in [4.78, 5) is 38.2. The first-order valence-electron chi connectivity index (χ1n) is 33.3. The van der Waals surface area contributed by atoms with E-state index in [1.165, 1.54) is 71.4 Å². The second-order valence-corrected chi connectivity index (χ2v) is 56.7. The number of amides is 2. The number of benzene rings is 2. The fraction of sp³-hybridized carbons (Fsp3) is 0.676. The number of carbonyl (C=O) groups is 2. The van der Waals surface area contributed by atoms with E-state index < -0.39 is 67.3 Å². The molecule has 0 N–H and O–H groups in total. The Kier molecular flexibility index (Phi) is 20.5. The Morgan fingerprint density at radius 1 is 0.533 bits per heavy atom. The van der Waals surface area contributed by atoms with Gasteiger partial charge in [0, 0.05) is 107 Å². The van der Waals surface area contributed by atoms with Crippen LogP contribution in [-0.2, 0) is 81.0 Å². The third kappa shape index (κ3) is 17.5. The summed E-state index contributed by atoms with van der Waals surface area (Å²) in [5.41, 5.74) is 8.23. The van der Waals surface area contributed by atoms with Crippen LogP contribution in [-0.4, -0.2) is 135 Å². The summed E-state index contributed by atoms with van der Waals surface area (Å²) >= 11 is 0. The molecule has 508 valence electrons. The fourth-order valence-electron chi connectivity index (χ4n) is 12.2. The summed E-state index contributed by atoms with van der Waals surface area (Å²) in [5.74, 6) is 1.48. The maximum Gasteiger partial charge on any atom is 0.414 e. The van der Waals surface area contributed by atoms with Crippen molar-refractivity contribution in [2.75, 3.05) is 50.3 Å². The van der Waals surface area contributed by atoms with E-state index in [1.807, 2.05) is 18.5 Å². The van der Waals surface area contributed by atoms with Crippen molar-refractivity contribution in [3.63, 3.8) is 0 Å². The van der Waals surface area contributed by atoms with Crippen molar-refractivity contribution in [1.82, 2.24) is 38.7 Å². The molecule has 0 saturated heterocycles. The molecule has 2 saturated carbocycles. The van der Waals surface area contributed by atoms with Crippen LogP contribution in [0.1, 0.15) is 90.7 Å². The molecule has 24 heteroatoms. The zero-order valence-electron chi connectivity index (χ0n) is 59.7. The van der Waals surface area contributed by atoms with E-state index in [-0.39, 0.29) is 24.8 Å². The number of aromatic nitrogens is 8. The number of halogens is 2. The minimum atomic E-state index is -1.31. The van der Waals surface area contributed by atoms with Crippen LogP contribution in [0.5, 0.6) is 0 Å². The zero-order valence-corrected chi connectivity index (χ0v) is 63.7. The summed E-state index contributed by atoms with van der Waals surface area (Å²) in [6.07, 6.45) is 4.96. The van der Waals surface area contributed by atoms with Gasteiger partial charge >= 0.3 is 12.2 Å². The van der Waals surface area contributed by atoms with Crippen LogP contribution in [0.25, 0.3) is 45.1 Å². The molecule has 0 bridgehead atoms. The number of ether oxygens (including phenoxy) is 6. The number of rotatable bonds is 24. The maximum atomic E-state index is 15.8. The molecule has 2 aromatic carbocycles. The predicted molar refractivity (Wildman–Crippen MR) is 375 cm³/mol. The molecule has 18 nitrogen and oxygen atoms in total. The summed E-state index contributed by atoms with van der Waals surface area (Å²) in [6.45, 7) is 47.5. The molecule has 2 fully saturated rings. The van der Waals surface area contributed by atoms with Gasteiger partial charge in [0.25, 0.3) is 0 Å². The van der Waals surface area contributed by atoms with E-state index in [9.17, 15) is 9.59 Å². The first-order valence-corrected chi connectivity index (χ1v) is 48.1. The van der Waals surface area contributed by atoms with E-state index in [0.717, 1.165) is 74.5 Å². The van der Waals surface area contributed by atoms with E-state index >= 15 is 8.78 Å². The zero-order chi connectivity index (χ0) is 67.6. The molecule has 0 unspecified atom stereocenters. The van der Waals surface area contributed by atoms with E-state index in [0.29, 0.717) is 83.1 Å². The molecule has 92 heavy (non-hydrogen) atoms. The first-order chi connectivity index (χ1) is 42.5. The van der Waals surface area contributed by atoms with Crippen LogP contribution < -0.4 is 9.80 Å². The SMILES string of the molecule is CN(C(=O)OC(C)(C)C)c1cc2c(cc1F)nc(-c1nn(COCC[Si](C)(C)C)c3c1C[C@@H]1C[C@]1(C)C3)n2COCC[Si](C)(C)C.CN(C(=O)OC(C)(C)C)c1cc2nc(-c3nn(COCC[Si](C)(C)C)c4c3C[C@@H]3C[C@]3(C)C4)n(COCC[Si](C)(C)C)c2cc1F.